The molecule has 1 aromatic heterocycles. The van der Waals surface area contributed by atoms with Gasteiger partial charge in [0.25, 0.3) is 0 Å². The van der Waals surface area contributed by atoms with Crippen LogP contribution in [0.25, 0.3) is 0 Å². The zero-order valence-corrected chi connectivity index (χ0v) is 15.5. The summed E-state index contributed by atoms with van der Waals surface area (Å²) in [5, 5.41) is 12.5. The van der Waals surface area contributed by atoms with Crippen molar-refractivity contribution in [2.45, 2.75) is 51.0 Å². The zero-order valence-electron chi connectivity index (χ0n) is 15.5. The second-order valence-electron chi connectivity index (χ2n) is 7.27. The fourth-order valence-corrected chi connectivity index (χ4v) is 4.05. The van der Waals surface area contributed by atoms with Gasteiger partial charge in [-0.2, -0.15) is 5.26 Å². The molecule has 1 amide bonds. The van der Waals surface area contributed by atoms with Crippen LogP contribution in [0.15, 0.2) is 18.3 Å². The van der Waals surface area contributed by atoms with E-state index in [1.807, 2.05) is 6.07 Å². The van der Waals surface area contributed by atoms with E-state index in [0.29, 0.717) is 24.6 Å². The Morgan fingerprint density at radius 3 is 2.73 bits per heavy atom. The second kappa shape index (κ2) is 9.54. The van der Waals surface area contributed by atoms with Crippen LogP contribution in [0.4, 0.5) is 5.82 Å². The Kier molecular flexibility index (Phi) is 6.84. The van der Waals surface area contributed by atoms with Crippen LogP contribution in [-0.4, -0.2) is 54.6 Å². The average molecular weight is 355 g/mol. The summed E-state index contributed by atoms with van der Waals surface area (Å²) < 4.78 is 0. The van der Waals surface area contributed by atoms with E-state index in [2.05, 4.69) is 26.2 Å². The van der Waals surface area contributed by atoms with E-state index in [0.717, 1.165) is 57.7 Å². The summed E-state index contributed by atoms with van der Waals surface area (Å²) in [4.78, 5) is 21.4. The predicted molar refractivity (Wildman–Crippen MR) is 102 cm³/mol. The lowest BCUT2D eigenvalue weighted by Crippen LogP contribution is -2.43. The van der Waals surface area contributed by atoms with Gasteiger partial charge in [-0.25, -0.2) is 4.98 Å². The van der Waals surface area contributed by atoms with Crippen LogP contribution >= 0.6 is 0 Å². The summed E-state index contributed by atoms with van der Waals surface area (Å²) >= 11 is 0. The minimum Gasteiger partial charge on any atom is -0.356 e. The molecule has 140 valence electrons. The molecule has 0 radical (unpaired) electrons. The maximum atomic E-state index is 12.3. The lowest BCUT2D eigenvalue weighted by atomic mass is 9.98. The van der Waals surface area contributed by atoms with E-state index < -0.39 is 0 Å². The Hall–Kier alpha value is -2.13. The van der Waals surface area contributed by atoms with E-state index in [9.17, 15) is 10.1 Å². The number of amides is 1. The molecule has 1 atom stereocenters. The Morgan fingerprint density at radius 2 is 1.88 bits per heavy atom. The number of nitrogens with zero attached hydrogens (tertiary/aromatic N) is 4. The number of fused-ring (bicyclic) bond motifs is 1. The number of pyridine rings is 1. The molecule has 2 saturated heterocycles. The number of piperidine rings is 1. The van der Waals surface area contributed by atoms with E-state index >= 15 is 0 Å². The predicted octanol–water partition coefficient (Wildman–Crippen LogP) is 2.30. The lowest BCUT2D eigenvalue weighted by molar-refractivity contribution is -0.122. The van der Waals surface area contributed by atoms with Crippen molar-refractivity contribution in [2.75, 3.05) is 37.6 Å². The number of anilines is 1. The van der Waals surface area contributed by atoms with E-state index in [4.69, 9.17) is 0 Å². The molecule has 2 fully saturated rings. The first-order chi connectivity index (χ1) is 12.8. The third kappa shape index (κ3) is 4.95. The average Bonchev–Trinajstić information content (AvgIpc) is 2.69. The molecule has 2 aliphatic heterocycles. The monoisotopic (exact) mass is 355 g/mol. The van der Waals surface area contributed by atoms with Gasteiger partial charge in [0.1, 0.15) is 11.9 Å². The second-order valence-corrected chi connectivity index (χ2v) is 7.27. The highest BCUT2D eigenvalue weighted by Crippen LogP contribution is 2.21. The number of aromatic nitrogens is 1. The van der Waals surface area contributed by atoms with Gasteiger partial charge in [0.05, 0.1) is 5.56 Å². The number of hydrogen-bond donors (Lipinski definition) is 1. The molecular weight excluding hydrogens is 326 g/mol. The van der Waals surface area contributed by atoms with Crippen LogP contribution in [-0.2, 0) is 4.79 Å². The minimum absolute atomic E-state index is 0.170. The highest BCUT2D eigenvalue weighted by atomic mass is 16.1. The smallest absolute Gasteiger partial charge is 0.221 e. The van der Waals surface area contributed by atoms with Crippen molar-refractivity contribution in [3.8, 4) is 6.07 Å². The fraction of sp³-hybridized carbons (Fsp3) is 0.650. The summed E-state index contributed by atoms with van der Waals surface area (Å²) in [6.07, 6.45) is 9.04. The normalized spacial score (nSPS) is 23.6. The summed E-state index contributed by atoms with van der Waals surface area (Å²) in [7, 11) is 0. The van der Waals surface area contributed by atoms with Crippen molar-refractivity contribution in [1.82, 2.24) is 15.2 Å². The molecule has 26 heavy (non-hydrogen) atoms. The van der Waals surface area contributed by atoms with Gasteiger partial charge in [0.15, 0.2) is 0 Å². The van der Waals surface area contributed by atoms with Crippen molar-refractivity contribution >= 4 is 11.7 Å². The molecule has 1 aromatic rings. The van der Waals surface area contributed by atoms with Crippen molar-refractivity contribution in [2.24, 2.45) is 0 Å². The van der Waals surface area contributed by atoms with Crippen LogP contribution in [0, 0.1) is 11.3 Å². The Labute approximate surface area is 156 Å². The summed E-state index contributed by atoms with van der Waals surface area (Å²) in [6, 6.07) is 6.28. The summed E-state index contributed by atoms with van der Waals surface area (Å²) in [5.74, 6) is 0.940. The molecule has 0 aromatic carbocycles. The molecule has 0 aliphatic carbocycles. The molecule has 6 heteroatoms. The van der Waals surface area contributed by atoms with Gasteiger partial charge in [-0.1, -0.05) is 6.42 Å². The number of rotatable bonds is 1. The van der Waals surface area contributed by atoms with Gasteiger partial charge in [0.2, 0.25) is 5.91 Å². The standard InChI is InChI=1S/C20H29N5O/c21-16-17-7-5-9-23-20(17)25-13-4-3-12-24-11-2-1-8-18(24)15-19(26)22-10-6-14-25/h5,7,9,18H,1-4,6,8,10-15H2,(H,22,26). The van der Waals surface area contributed by atoms with Crippen LogP contribution in [0.5, 0.6) is 0 Å². The molecule has 0 spiro atoms. The number of hydrogen-bond acceptors (Lipinski definition) is 5. The van der Waals surface area contributed by atoms with Crippen LogP contribution in [0.2, 0.25) is 0 Å². The number of nitrogens with one attached hydrogen (secondary N) is 1. The van der Waals surface area contributed by atoms with Crippen LogP contribution in [0.1, 0.15) is 50.5 Å². The quantitative estimate of drug-likeness (QED) is 0.837. The van der Waals surface area contributed by atoms with Gasteiger partial charge in [0, 0.05) is 38.3 Å². The number of carbonyl (C=O) groups excluding carboxylic acids is 1. The maximum absolute atomic E-state index is 12.3. The largest absolute Gasteiger partial charge is 0.356 e. The fourth-order valence-electron chi connectivity index (χ4n) is 4.05. The highest BCUT2D eigenvalue weighted by molar-refractivity contribution is 5.76. The molecular formula is C20H29N5O. The topological polar surface area (TPSA) is 72.3 Å². The lowest BCUT2D eigenvalue weighted by Gasteiger charge is -2.35. The molecule has 2 aliphatic rings. The van der Waals surface area contributed by atoms with Crippen LogP contribution in [0.3, 0.4) is 0 Å². The van der Waals surface area contributed by atoms with Gasteiger partial charge in [-0.15, -0.1) is 0 Å². The van der Waals surface area contributed by atoms with Crippen molar-refractivity contribution in [3.63, 3.8) is 0 Å². The van der Waals surface area contributed by atoms with E-state index in [1.165, 1.54) is 12.8 Å². The molecule has 0 saturated carbocycles. The Bertz CT molecular complexity index is 641. The maximum Gasteiger partial charge on any atom is 0.221 e. The molecule has 6 nitrogen and oxygen atoms in total. The number of nitriles is 1. The van der Waals surface area contributed by atoms with E-state index in [1.54, 1.807) is 12.3 Å². The Morgan fingerprint density at radius 1 is 1.12 bits per heavy atom. The van der Waals surface area contributed by atoms with E-state index in [-0.39, 0.29) is 5.91 Å². The van der Waals surface area contributed by atoms with Gasteiger partial charge < -0.3 is 10.2 Å². The SMILES string of the molecule is N#Cc1cccnc1N1CCCCN2CCCCC2CC(=O)NCCC1. The molecule has 3 rings (SSSR count). The molecule has 1 N–H and O–H groups in total. The third-order valence-corrected chi connectivity index (χ3v) is 5.43. The molecule has 1 unspecified atom stereocenters. The first-order valence-corrected chi connectivity index (χ1v) is 9.89. The minimum atomic E-state index is 0.170. The first-order valence-electron chi connectivity index (χ1n) is 9.89. The molecule has 0 bridgehead atoms. The number of carbonyl (C=O) groups is 1. The first kappa shape index (κ1) is 18.7. The zero-order chi connectivity index (χ0) is 18.2. The third-order valence-electron chi connectivity index (χ3n) is 5.43. The Balaban J connectivity index is 1.68. The summed E-state index contributed by atoms with van der Waals surface area (Å²) in [6.45, 7) is 4.55. The van der Waals surface area contributed by atoms with Crippen molar-refractivity contribution in [3.05, 3.63) is 23.9 Å². The van der Waals surface area contributed by atoms with Crippen molar-refractivity contribution < 1.29 is 4.79 Å². The van der Waals surface area contributed by atoms with Gasteiger partial charge in [-0.3, -0.25) is 9.69 Å². The highest BCUT2D eigenvalue weighted by Gasteiger charge is 2.24. The molecule has 3 heterocycles. The summed E-state index contributed by atoms with van der Waals surface area (Å²) in [5.41, 5.74) is 0.622. The van der Waals surface area contributed by atoms with Gasteiger partial charge in [-0.05, 0) is 57.3 Å². The van der Waals surface area contributed by atoms with Crippen molar-refractivity contribution in [1.29, 1.82) is 5.26 Å². The van der Waals surface area contributed by atoms with Gasteiger partial charge >= 0.3 is 0 Å². The van der Waals surface area contributed by atoms with Crippen LogP contribution < -0.4 is 10.2 Å².